The fourth-order valence-corrected chi connectivity index (χ4v) is 2.42. The van der Waals surface area contributed by atoms with Gasteiger partial charge in [-0.25, -0.2) is 0 Å². The number of halogens is 1. The average molecular weight is 287 g/mol. The molecule has 3 nitrogen and oxygen atoms in total. The van der Waals surface area contributed by atoms with Gasteiger partial charge in [0.1, 0.15) is 0 Å². The molecule has 0 aliphatic carbocycles. The first kappa shape index (κ1) is 8.68. The van der Waals surface area contributed by atoms with Crippen molar-refractivity contribution in [2.45, 2.75) is 0 Å². The van der Waals surface area contributed by atoms with Gasteiger partial charge >= 0.3 is 85.5 Å². The van der Waals surface area contributed by atoms with Crippen LogP contribution < -0.4 is 26.8 Å². The topological polar surface area (TPSA) is 45.8 Å². The van der Waals surface area contributed by atoms with Crippen molar-refractivity contribution in [1.29, 1.82) is 0 Å². The molecule has 0 spiro atoms. The SMILES string of the molecule is C[I-]c1cc2cccnc2[nH]c1=O. The number of pyridine rings is 2. The number of aromatic amines is 1. The minimum absolute atomic E-state index is 0.0153. The fourth-order valence-electron chi connectivity index (χ4n) is 1.15. The number of fused-ring (bicyclic) bond motifs is 1. The monoisotopic (exact) mass is 287 g/mol. The summed E-state index contributed by atoms with van der Waals surface area (Å²) in [6.45, 7) is 0. The van der Waals surface area contributed by atoms with E-state index in [2.05, 4.69) is 14.9 Å². The van der Waals surface area contributed by atoms with Gasteiger partial charge in [-0.1, -0.05) is 0 Å². The van der Waals surface area contributed by atoms with Crippen molar-refractivity contribution in [2.24, 2.45) is 0 Å². The third kappa shape index (κ3) is 1.58. The van der Waals surface area contributed by atoms with Crippen molar-refractivity contribution in [2.75, 3.05) is 4.93 Å². The van der Waals surface area contributed by atoms with Crippen LogP contribution in [-0.2, 0) is 0 Å². The van der Waals surface area contributed by atoms with E-state index < -0.39 is 0 Å². The second-order valence-electron chi connectivity index (χ2n) is 2.58. The van der Waals surface area contributed by atoms with E-state index in [1.807, 2.05) is 18.2 Å². The molecule has 0 aromatic carbocycles. The molecule has 0 aliphatic rings. The molecule has 0 fully saturated rings. The van der Waals surface area contributed by atoms with E-state index in [1.165, 1.54) is 0 Å². The molecule has 2 aromatic rings. The van der Waals surface area contributed by atoms with E-state index in [9.17, 15) is 4.79 Å². The second-order valence-corrected chi connectivity index (χ2v) is 4.82. The molecule has 0 unspecified atom stereocenters. The first-order chi connectivity index (χ1) is 6.31. The average Bonchev–Trinajstić information content (AvgIpc) is 2.17. The molecule has 0 radical (unpaired) electrons. The normalized spacial score (nSPS) is 10.8. The first-order valence-corrected chi connectivity index (χ1v) is 7.02. The summed E-state index contributed by atoms with van der Waals surface area (Å²) in [6.07, 6.45) is 1.68. The molecule has 68 valence electrons. The van der Waals surface area contributed by atoms with E-state index in [4.69, 9.17) is 0 Å². The minimum atomic E-state index is -0.159. The van der Waals surface area contributed by atoms with Gasteiger partial charge in [-0.3, -0.25) is 0 Å². The van der Waals surface area contributed by atoms with Crippen molar-refractivity contribution < 1.29 is 21.2 Å². The molecule has 2 rings (SSSR count). The maximum atomic E-state index is 11.4. The predicted octanol–water partition coefficient (Wildman–Crippen LogP) is -2.19. The molecule has 0 saturated carbocycles. The number of rotatable bonds is 1. The Labute approximate surface area is 85.5 Å². The zero-order valence-electron chi connectivity index (χ0n) is 7.04. The van der Waals surface area contributed by atoms with Gasteiger partial charge in [-0.2, -0.15) is 0 Å². The molecule has 2 heterocycles. The summed E-state index contributed by atoms with van der Waals surface area (Å²) in [4.78, 5) is 20.3. The van der Waals surface area contributed by atoms with Crippen molar-refractivity contribution in [3.63, 3.8) is 0 Å². The number of aromatic nitrogens is 2. The standard InChI is InChI=1S/C9H8IN2O/c1-10-7-5-6-3-2-4-11-8(6)12-9(7)13/h2-5H,1H3,(H,11,12,13)/q-1. The van der Waals surface area contributed by atoms with Crippen LogP contribution in [0.1, 0.15) is 0 Å². The van der Waals surface area contributed by atoms with E-state index in [0.29, 0.717) is 5.65 Å². The van der Waals surface area contributed by atoms with E-state index in [0.717, 1.165) is 8.96 Å². The number of nitrogens with one attached hydrogen (secondary N) is 1. The van der Waals surface area contributed by atoms with Gasteiger partial charge in [0.2, 0.25) is 0 Å². The molecule has 1 N–H and O–H groups in total. The van der Waals surface area contributed by atoms with Gasteiger partial charge in [0.25, 0.3) is 0 Å². The van der Waals surface area contributed by atoms with Crippen LogP contribution in [0.3, 0.4) is 0 Å². The quantitative estimate of drug-likeness (QED) is 0.478. The van der Waals surface area contributed by atoms with Crippen LogP contribution in [0.25, 0.3) is 11.0 Å². The Bertz CT molecular complexity index is 492. The van der Waals surface area contributed by atoms with Crippen LogP contribution >= 0.6 is 0 Å². The molecule has 2 aromatic heterocycles. The van der Waals surface area contributed by atoms with Crippen LogP contribution in [0.4, 0.5) is 0 Å². The summed E-state index contributed by atoms with van der Waals surface area (Å²) in [5.41, 5.74) is 0.690. The Morgan fingerprint density at radius 2 is 2.38 bits per heavy atom. The first-order valence-electron chi connectivity index (χ1n) is 3.79. The molecule has 0 aliphatic heterocycles. The Hall–Kier alpha value is -0.910. The molecule has 0 saturated heterocycles. The Balaban J connectivity index is 2.81. The van der Waals surface area contributed by atoms with Crippen LogP contribution in [-0.4, -0.2) is 14.9 Å². The Kier molecular flexibility index (Phi) is 2.30. The summed E-state index contributed by atoms with van der Waals surface area (Å²) in [5.74, 6) is 0. The summed E-state index contributed by atoms with van der Waals surface area (Å²) >= 11 is -0.159. The van der Waals surface area contributed by atoms with Gasteiger partial charge in [0, 0.05) is 0 Å². The summed E-state index contributed by atoms with van der Waals surface area (Å²) in [6, 6.07) is 5.77. The van der Waals surface area contributed by atoms with E-state index >= 15 is 0 Å². The molecule has 13 heavy (non-hydrogen) atoms. The van der Waals surface area contributed by atoms with Gasteiger partial charge in [-0.15, -0.1) is 0 Å². The van der Waals surface area contributed by atoms with Crippen molar-refractivity contribution in [1.82, 2.24) is 9.97 Å². The molecule has 0 bridgehead atoms. The number of nitrogens with zero attached hydrogens (tertiary/aromatic N) is 1. The van der Waals surface area contributed by atoms with Crippen LogP contribution in [0.2, 0.25) is 0 Å². The number of hydrogen-bond acceptors (Lipinski definition) is 2. The summed E-state index contributed by atoms with van der Waals surface area (Å²) in [5, 5.41) is 1.01. The van der Waals surface area contributed by atoms with Gasteiger partial charge < -0.3 is 0 Å². The third-order valence-corrected chi connectivity index (χ3v) is 3.74. The second kappa shape index (κ2) is 3.45. The number of H-pyrrole nitrogens is 1. The molecule has 0 amide bonds. The zero-order valence-corrected chi connectivity index (χ0v) is 9.20. The number of alkyl halides is 1. The third-order valence-electron chi connectivity index (χ3n) is 1.77. The van der Waals surface area contributed by atoms with Gasteiger partial charge in [0.15, 0.2) is 0 Å². The Morgan fingerprint density at radius 1 is 1.54 bits per heavy atom. The predicted molar refractivity (Wildman–Crippen MR) is 47.0 cm³/mol. The summed E-state index contributed by atoms with van der Waals surface area (Å²) < 4.78 is 0.916. The van der Waals surface area contributed by atoms with E-state index in [1.54, 1.807) is 6.20 Å². The molecular weight excluding hydrogens is 279 g/mol. The van der Waals surface area contributed by atoms with Gasteiger partial charge in [0.05, 0.1) is 0 Å². The van der Waals surface area contributed by atoms with E-state index in [-0.39, 0.29) is 26.8 Å². The Morgan fingerprint density at radius 3 is 3.15 bits per heavy atom. The molecular formula is C9H8IN2O-. The summed E-state index contributed by atoms with van der Waals surface area (Å²) in [7, 11) is 0. The van der Waals surface area contributed by atoms with Crippen molar-refractivity contribution in [3.8, 4) is 0 Å². The van der Waals surface area contributed by atoms with Crippen LogP contribution in [0, 0.1) is 3.57 Å². The zero-order chi connectivity index (χ0) is 9.26. The molecule has 0 atom stereocenters. The maximum absolute atomic E-state index is 11.4. The van der Waals surface area contributed by atoms with Crippen molar-refractivity contribution in [3.05, 3.63) is 38.3 Å². The number of hydrogen-bond donors (Lipinski definition) is 1. The fraction of sp³-hybridized carbons (Fsp3) is 0.111. The van der Waals surface area contributed by atoms with Crippen LogP contribution in [0.15, 0.2) is 29.2 Å². The molecule has 4 heteroatoms. The van der Waals surface area contributed by atoms with Crippen molar-refractivity contribution >= 4 is 11.0 Å². The van der Waals surface area contributed by atoms with Crippen LogP contribution in [0.5, 0.6) is 0 Å². The van der Waals surface area contributed by atoms with Gasteiger partial charge in [-0.05, 0) is 0 Å².